The van der Waals surface area contributed by atoms with E-state index in [-0.39, 0.29) is 5.75 Å². The molecule has 2 unspecified atom stereocenters. The van der Waals surface area contributed by atoms with Gasteiger partial charge in [-0.25, -0.2) is 4.79 Å². The lowest BCUT2D eigenvalue weighted by Gasteiger charge is -2.12. The second-order valence-corrected chi connectivity index (χ2v) is 5.97. The van der Waals surface area contributed by atoms with Crippen LogP contribution in [0.2, 0.25) is 0 Å². The summed E-state index contributed by atoms with van der Waals surface area (Å²) >= 11 is 3.25. The molecule has 0 saturated carbocycles. The lowest BCUT2D eigenvalue weighted by atomic mass is 10.3. The average Bonchev–Trinajstić information content (AvgIpc) is 2.27. The van der Waals surface area contributed by atoms with E-state index in [1.807, 2.05) is 0 Å². The van der Waals surface area contributed by atoms with Crippen LogP contribution in [-0.4, -0.2) is 33.0 Å². The highest BCUT2D eigenvalue weighted by Crippen LogP contribution is 2.15. The van der Waals surface area contributed by atoms with Crippen LogP contribution in [0.4, 0.5) is 0 Å². The average molecular weight is 334 g/mol. The predicted molar refractivity (Wildman–Crippen MR) is 70.7 cm³/mol. The van der Waals surface area contributed by atoms with Gasteiger partial charge in [0.25, 0.3) is 0 Å². The summed E-state index contributed by atoms with van der Waals surface area (Å²) in [6.07, 6.45) is 0. The van der Waals surface area contributed by atoms with E-state index in [2.05, 4.69) is 21.2 Å². The molecule has 5 nitrogen and oxygen atoms in total. The van der Waals surface area contributed by atoms with Crippen molar-refractivity contribution in [3.05, 3.63) is 28.7 Å². The lowest BCUT2D eigenvalue weighted by Crippen LogP contribution is -2.43. The monoisotopic (exact) mass is 333 g/mol. The highest BCUT2D eigenvalue weighted by Gasteiger charge is 2.22. The number of rotatable bonds is 5. The summed E-state index contributed by atoms with van der Waals surface area (Å²) in [7, 11) is -1.49. The molecule has 0 aliphatic rings. The molecule has 1 aromatic carbocycles. The van der Waals surface area contributed by atoms with Crippen LogP contribution in [0.25, 0.3) is 0 Å². The Morgan fingerprint density at radius 3 is 2.67 bits per heavy atom. The fraction of sp³-hybridized carbons (Fsp3) is 0.273. The van der Waals surface area contributed by atoms with Crippen LogP contribution in [0.15, 0.2) is 33.6 Å². The first kappa shape index (κ1) is 14.8. The number of carboxylic acids is 1. The van der Waals surface area contributed by atoms with E-state index >= 15 is 0 Å². The fourth-order valence-electron chi connectivity index (χ4n) is 1.28. The summed E-state index contributed by atoms with van der Waals surface area (Å²) in [4.78, 5) is 22.3. The molecule has 0 aliphatic carbocycles. The number of aliphatic carboxylic acids is 1. The molecule has 0 radical (unpaired) electrons. The number of carbonyl (C=O) groups is 2. The van der Waals surface area contributed by atoms with Crippen LogP contribution in [0.5, 0.6) is 0 Å². The van der Waals surface area contributed by atoms with Crippen molar-refractivity contribution in [1.29, 1.82) is 0 Å². The summed E-state index contributed by atoms with van der Waals surface area (Å²) in [6, 6.07) is 5.65. The molecule has 1 amide bonds. The summed E-state index contributed by atoms with van der Waals surface area (Å²) in [5.41, 5.74) is 0. The molecule has 0 aliphatic heterocycles. The van der Waals surface area contributed by atoms with Gasteiger partial charge in [-0.3, -0.25) is 9.00 Å². The van der Waals surface area contributed by atoms with Crippen LogP contribution >= 0.6 is 15.9 Å². The van der Waals surface area contributed by atoms with Gasteiger partial charge in [0.2, 0.25) is 5.91 Å². The highest BCUT2D eigenvalue weighted by molar-refractivity contribution is 9.10. The minimum Gasteiger partial charge on any atom is -0.480 e. The quantitative estimate of drug-likeness (QED) is 0.846. The molecule has 1 aromatic rings. The third-order valence-corrected chi connectivity index (χ3v) is 3.96. The molecule has 0 spiro atoms. The Labute approximate surface area is 115 Å². The fourth-order valence-corrected chi connectivity index (χ4v) is 3.04. The van der Waals surface area contributed by atoms with Crippen molar-refractivity contribution < 1.29 is 18.9 Å². The molecule has 98 valence electrons. The summed E-state index contributed by atoms with van der Waals surface area (Å²) in [5.74, 6) is -1.83. The van der Waals surface area contributed by atoms with Crippen molar-refractivity contribution in [3.63, 3.8) is 0 Å². The zero-order valence-electron chi connectivity index (χ0n) is 9.55. The highest BCUT2D eigenvalue weighted by atomic mass is 79.9. The molecule has 0 saturated heterocycles. The van der Waals surface area contributed by atoms with Crippen molar-refractivity contribution in [1.82, 2.24) is 5.32 Å². The molecule has 2 atom stereocenters. The lowest BCUT2D eigenvalue weighted by molar-refractivity contribution is -0.140. The van der Waals surface area contributed by atoms with Crippen molar-refractivity contribution >= 4 is 38.6 Å². The zero-order chi connectivity index (χ0) is 13.7. The van der Waals surface area contributed by atoms with Gasteiger partial charge in [0, 0.05) is 16.3 Å². The maximum atomic E-state index is 12.0. The van der Waals surface area contributed by atoms with Crippen LogP contribution in [0.1, 0.15) is 6.92 Å². The first-order valence-electron chi connectivity index (χ1n) is 5.04. The van der Waals surface area contributed by atoms with Gasteiger partial charge in [0.1, 0.15) is 6.04 Å². The van der Waals surface area contributed by atoms with Gasteiger partial charge in [0.15, 0.2) is 0 Å². The van der Waals surface area contributed by atoms with Crippen LogP contribution < -0.4 is 5.32 Å². The smallest absolute Gasteiger partial charge is 0.327 e. The Bertz CT molecular complexity index is 492. The third-order valence-electron chi connectivity index (χ3n) is 2.05. The summed E-state index contributed by atoms with van der Waals surface area (Å²) < 4.78 is 12.7. The van der Waals surface area contributed by atoms with E-state index in [0.29, 0.717) is 4.90 Å². The maximum absolute atomic E-state index is 12.0. The molecule has 0 aromatic heterocycles. The molecule has 2 N–H and O–H groups in total. The minimum absolute atomic E-state index is 0.161. The van der Waals surface area contributed by atoms with E-state index in [0.717, 1.165) is 4.47 Å². The molecule has 0 fully saturated rings. The topological polar surface area (TPSA) is 83.5 Å². The summed E-state index contributed by atoms with van der Waals surface area (Å²) in [5, 5.41) is 11.2. The van der Waals surface area contributed by atoms with E-state index in [1.165, 1.54) is 6.92 Å². The van der Waals surface area contributed by atoms with Crippen molar-refractivity contribution in [2.75, 3.05) is 5.75 Å². The molecule has 1 rings (SSSR count). The molecular weight excluding hydrogens is 322 g/mol. The molecular formula is C11H12BrNO4S. The number of nitrogens with one attached hydrogen (secondary N) is 1. The Hall–Kier alpha value is -1.21. The number of halogens is 1. The van der Waals surface area contributed by atoms with E-state index in [4.69, 9.17) is 5.11 Å². The SMILES string of the molecule is CC(=O)NC(CS(=O)c1cccc(Br)c1)C(=O)O. The minimum atomic E-state index is -1.49. The van der Waals surface area contributed by atoms with Gasteiger partial charge < -0.3 is 10.4 Å². The molecule has 7 heteroatoms. The van der Waals surface area contributed by atoms with Crippen LogP contribution in [0, 0.1) is 0 Å². The normalized spacial score (nSPS) is 13.7. The number of carbonyl (C=O) groups excluding carboxylic acids is 1. The Kier molecular flexibility index (Phi) is 5.49. The Balaban J connectivity index is 2.78. The number of benzene rings is 1. The Morgan fingerprint density at radius 1 is 1.50 bits per heavy atom. The molecule has 0 bridgehead atoms. The van der Waals surface area contributed by atoms with E-state index < -0.39 is 28.7 Å². The molecule has 18 heavy (non-hydrogen) atoms. The van der Waals surface area contributed by atoms with Crippen molar-refractivity contribution in [2.24, 2.45) is 0 Å². The van der Waals surface area contributed by atoms with Gasteiger partial charge >= 0.3 is 5.97 Å². The van der Waals surface area contributed by atoms with E-state index in [1.54, 1.807) is 24.3 Å². The first-order chi connectivity index (χ1) is 8.40. The predicted octanol–water partition coefficient (Wildman–Crippen LogP) is 1.15. The first-order valence-corrected chi connectivity index (χ1v) is 7.15. The zero-order valence-corrected chi connectivity index (χ0v) is 12.0. The van der Waals surface area contributed by atoms with Crippen LogP contribution in [0.3, 0.4) is 0 Å². The maximum Gasteiger partial charge on any atom is 0.327 e. The second kappa shape index (κ2) is 6.65. The van der Waals surface area contributed by atoms with Gasteiger partial charge in [-0.1, -0.05) is 22.0 Å². The standard InChI is InChI=1S/C11H12BrNO4S/c1-7(14)13-10(11(15)16)6-18(17)9-4-2-3-8(12)5-9/h2-5,10H,6H2,1H3,(H,13,14)(H,15,16). The second-order valence-electron chi connectivity index (χ2n) is 3.56. The Morgan fingerprint density at radius 2 is 2.17 bits per heavy atom. The third kappa shape index (κ3) is 4.58. The van der Waals surface area contributed by atoms with Crippen molar-refractivity contribution in [3.8, 4) is 0 Å². The summed E-state index contributed by atoms with van der Waals surface area (Å²) in [6.45, 7) is 1.22. The van der Waals surface area contributed by atoms with Gasteiger partial charge in [0.05, 0.1) is 16.6 Å². The van der Waals surface area contributed by atoms with Gasteiger partial charge in [-0.2, -0.15) is 0 Å². The number of hydrogen-bond acceptors (Lipinski definition) is 3. The number of amides is 1. The molecule has 0 heterocycles. The van der Waals surface area contributed by atoms with Gasteiger partial charge in [-0.05, 0) is 18.2 Å². The number of carboxylic acid groups (broad SMARTS) is 1. The van der Waals surface area contributed by atoms with E-state index in [9.17, 15) is 13.8 Å². The largest absolute Gasteiger partial charge is 0.480 e. The van der Waals surface area contributed by atoms with Gasteiger partial charge in [-0.15, -0.1) is 0 Å². The number of hydrogen-bond donors (Lipinski definition) is 2. The van der Waals surface area contributed by atoms with Crippen LogP contribution in [-0.2, 0) is 20.4 Å². The van der Waals surface area contributed by atoms with Crippen molar-refractivity contribution in [2.45, 2.75) is 17.9 Å².